The minimum absolute atomic E-state index is 0.295. The van der Waals surface area contributed by atoms with Gasteiger partial charge in [0.15, 0.2) is 6.61 Å². The van der Waals surface area contributed by atoms with Gasteiger partial charge in [-0.05, 0) is 23.4 Å². The summed E-state index contributed by atoms with van der Waals surface area (Å²) < 4.78 is 6.95. The average Bonchev–Trinajstić information content (AvgIpc) is 3.37. The van der Waals surface area contributed by atoms with E-state index in [4.69, 9.17) is 4.74 Å². The van der Waals surface area contributed by atoms with Crippen LogP contribution in [0.1, 0.15) is 35.7 Å². The molecule has 0 fully saturated rings. The first-order valence-electron chi connectivity index (χ1n) is 9.26. The molecule has 0 aliphatic carbocycles. The number of unbranched alkanes of at least 4 members (excludes halogenated alkanes) is 1. The number of carbonyl (C=O) groups excluding carboxylic acids is 2. The molecule has 7 heteroatoms. The molecule has 1 amide bonds. The molecule has 0 unspecified atom stereocenters. The van der Waals surface area contributed by atoms with Crippen LogP contribution in [0.15, 0.2) is 54.0 Å². The molecule has 0 radical (unpaired) electrons. The minimum Gasteiger partial charge on any atom is -0.452 e. The zero-order chi connectivity index (χ0) is 19.8. The van der Waals surface area contributed by atoms with E-state index in [1.54, 1.807) is 10.9 Å². The van der Waals surface area contributed by atoms with Crippen LogP contribution in [-0.2, 0) is 16.1 Å². The number of benzene rings is 1. The van der Waals surface area contributed by atoms with Gasteiger partial charge in [-0.1, -0.05) is 49.7 Å². The molecule has 0 aliphatic rings. The molecular weight excluding hydrogens is 374 g/mol. The maximum atomic E-state index is 12.6. The fraction of sp³-hybridized carbons (Fsp3) is 0.286. The predicted molar refractivity (Wildman–Crippen MR) is 109 cm³/mol. The first kappa shape index (κ1) is 19.8. The average molecular weight is 398 g/mol. The number of ether oxygens (including phenoxy) is 1. The van der Waals surface area contributed by atoms with E-state index in [9.17, 15) is 9.59 Å². The van der Waals surface area contributed by atoms with Gasteiger partial charge in [0.1, 0.15) is 11.3 Å². The summed E-state index contributed by atoms with van der Waals surface area (Å²) in [6.07, 6.45) is 3.57. The lowest BCUT2D eigenvalue weighted by Crippen LogP contribution is -2.29. The minimum atomic E-state index is -0.548. The van der Waals surface area contributed by atoms with Crippen molar-refractivity contribution in [3.63, 3.8) is 0 Å². The highest BCUT2D eigenvalue weighted by Crippen LogP contribution is 2.27. The Morgan fingerprint density at radius 3 is 2.71 bits per heavy atom. The van der Waals surface area contributed by atoms with Crippen molar-refractivity contribution in [2.45, 2.75) is 26.3 Å². The summed E-state index contributed by atoms with van der Waals surface area (Å²) in [7, 11) is 0. The molecule has 0 bridgehead atoms. The Bertz CT molecular complexity index is 904. The van der Waals surface area contributed by atoms with E-state index in [1.807, 2.05) is 54.8 Å². The number of amides is 1. The summed E-state index contributed by atoms with van der Waals surface area (Å²) in [5, 5.41) is 9.25. The molecule has 1 aromatic carbocycles. The first-order valence-corrected chi connectivity index (χ1v) is 10.1. The van der Waals surface area contributed by atoms with Crippen LogP contribution in [0.3, 0.4) is 0 Å². The number of carbonyl (C=O) groups is 2. The van der Waals surface area contributed by atoms with Gasteiger partial charge in [-0.2, -0.15) is 5.10 Å². The van der Waals surface area contributed by atoms with E-state index >= 15 is 0 Å². The van der Waals surface area contributed by atoms with Crippen LogP contribution in [0, 0.1) is 0 Å². The molecule has 6 nitrogen and oxygen atoms in total. The number of hydrogen-bond acceptors (Lipinski definition) is 5. The molecule has 0 atom stereocenters. The third-order valence-corrected chi connectivity index (χ3v) is 4.99. The summed E-state index contributed by atoms with van der Waals surface area (Å²) in [6, 6.07) is 13.7. The Kier molecular flexibility index (Phi) is 6.97. The fourth-order valence-corrected chi connectivity index (χ4v) is 3.41. The number of hydrogen-bond donors (Lipinski definition) is 1. The largest absolute Gasteiger partial charge is 0.452 e. The Morgan fingerprint density at radius 2 is 2.00 bits per heavy atom. The van der Waals surface area contributed by atoms with Gasteiger partial charge < -0.3 is 10.1 Å². The van der Waals surface area contributed by atoms with Crippen LogP contribution in [-0.4, -0.2) is 34.8 Å². The number of esters is 1. The summed E-state index contributed by atoms with van der Waals surface area (Å²) in [5.74, 6) is -0.843. The van der Waals surface area contributed by atoms with E-state index < -0.39 is 5.97 Å². The van der Waals surface area contributed by atoms with Crippen LogP contribution in [0.4, 0.5) is 0 Å². The van der Waals surface area contributed by atoms with Crippen LogP contribution in [0.2, 0.25) is 0 Å². The van der Waals surface area contributed by atoms with Gasteiger partial charge in [0.2, 0.25) is 0 Å². The van der Waals surface area contributed by atoms with Gasteiger partial charge in [-0.3, -0.25) is 9.48 Å². The smallest absolute Gasteiger partial charge is 0.342 e. The summed E-state index contributed by atoms with van der Waals surface area (Å²) in [6.45, 7) is 2.88. The molecule has 146 valence electrons. The van der Waals surface area contributed by atoms with Crippen molar-refractivity contribution >= 4 is 23.2 Å². The van der Waals surface area contributed by atoms with E-state index in [-0.39, 0.29) is 12.5 Å². The van der Waals surface area contributed by atoms with Crippen molar-refractivity contribution < 1.29 is 14.3 Å². The van der Waals surface area contributed by atoms with Crippen molar-refractivity contribution in [2.75, 3.05) is 13.2 Å². The lowest BCUT2D eigenvalue weighted by atomic mass is 10.2. The summed E-state index contributed by atoms with van der Waals surface area (Å²) >= 11 is 1.50. The first-order chi connectivity index (χ1) is 13.7. The molecule has 2 aromatic heterocycles. The molecule has 0 saturated heterocycles. The van der Waals surface area contributed by atoms with Gasteiger partial charge in [0.05, 0.1) is 11.4 Å². The van der Waals surface area contributed by atoms with E-state index in [0.717, 1.165) is 23.3 Å². The number of rotatable bonds is 9. The molecule has 2 heterocycles. The van der Waals surface area contributed by atoms with Gasteiger partial charge in [0, 0.05) is 12.7 Å². The molecule has 28 heavy (non-hydrogen) atoms. The molecular formula is C21H23N3O3S. The van der Waals surface area contributed by atoms with Crippen molar-refractivity contribution in [1.82, 2.24) is 15.1 Å². The van der Waals surface area contributed by atoms with Crippen LogP contribution < -0.4 is 5.32 Å². The van der Waals surface area contributed by atoms with E-state index in [2.05, 4.69) is 10.4 Å². The normalized spacial score (nSPS) is 10.6. The summed E-state index contributed by atoms with van der Waals surface area (Å²) in [4.78, 5) is 25.3. The van der Waals surface area contributed by atoms with E-state index in [0.29, 0.717) is 24.3 Å². The van der Waals surface area contributed by atoms with Crippen LogP contribution in [0.25, 0.3) is 10.6 Å². The molecule has 3 rings (SSSR count). The fourth-order valence-electron chi connectivity index (χ4n) is 2.68. The molecule has 3 aromatic rings. The topological polar surface area (TPSA) is 73.2 Å². The third-order valence-electron chi connectivity index (χ3n) is 4.11. The molecule has 1 N–H and O–H groups in total. The number of aromatic nitrogens is 2. The molecule has 0 saturated carbocycles. The van der Waals surface area contributed by atoms with Crippen molar-refractivity contribution in [3.8, 4) is 10.6 Å². The van der Waals surface area contributed by atoms with Crippen molar-refractivity contribution in [1.29, 1.82) is 0 Å². The second-order valence-electron chi connectivity index (χ2n) is 6.33. The second-order valence-corrected chi connectivity index (χ2v) is 7.28. The van der Waals surface area contributed by atoms with Gasteiger partial charge in [0.25, 0.3) is 5.91 Å². The zero-order valence-corrected chi connectivity index (χ0v) is 16.6. The Hall–Kier alpha value is -2.93. The van der Waals surface area contributed by atoms with E-state index in [1.165, 1.54) is 11.3 Å². The number of thiophene rings is 1. The summed E-state index contributed by atoms with van der Waals surface area (Å²) in [5.41, 5.74) is 2.01. The number of nitrogens with zero attached hydrogens (tertiary/aromatic N) is 2. The van der Waals surface area contributed by atoms with Gasteiger partial charge >= 0.3 is 5.97 Å². The lowest BCUT2D eigenvalue weighted by molar-refractivity contribution is -0.124. The van der Waals surface area contributed by atoms with Crippen LogP contribution in [0.5, 0.6) is 0 Å². The Balaban J connectivity index is 1.73. The maximum Gasteiger partial charge on any atom is 0.342 e. The highest BCUT2D eigenvalue weighted by molar-refractivity contribution is 7.13. The Labute approximate surface area is 168 Å². The number of nitrogens with one attached hydrogen (secondary N) is 1. The standard InChI is InChI=1S/C21H23N3O3S/c1-2-3-11-22-19(25)15-27-21(26)17-14-24(13-16-8-5-4-6-9-16)23-20(17)18-10-7-12-28-18/h4-10,12,14H,2-3,11,13,15H2,1H3,(H,22,25). The Morgan fingerprint density at radius 1 is 1.18 bits per heavy atom. The highest BCUT2D eigenvalue weighted by Gasteiger charge is 2.21. The quantitative estimate of drug-likeness (QED) is 0.441. The molecule has 0 aliphatic heterocycles. The predicted octanol–water partition coefficient (Wildman–Crippen LogP) is 3.73. The molecule has 0 spiro atoms. The van der Waals surface area contributed by atoms with Crippen molar-refractivity contribution in [2.24, 2.45) is 0 Å². The maximum absolute atomic E-state index is 12.6. The third kappa shape index (κ3) is 5.29. The zero-order valence-electron chi connectivity index (χ0n) is 15.8. The highest BCUT2D eigenvalue weighted by atomic mass is 32.1. The van der Waals surface area contributed by atoms with Gasteiger partial charge in [-0.25, -0.2) is 4.79 Å². The lowest BCUT2D eigenvalue weighted by Gasteiger charge is -2.05. The monoisotopic (exact) mass is 397 g/mol. The van der Waals surface area contributed by atoms with Crippen molar-refractivity contribution in [3.05, 3.63) is 65.2 Å². The van der Waals surface area contributed by atoms with Crippen LogP contribution >= 0.6 is 11.3 Å². The van der Waals surface area contributed by atoms with Gasteiger partial charge in [-0.15, -0.1) is 11.3 Å². The second kappa shape index (κ2) is 9.85. The SMILES string of the molecule is CCCCNC(=O)COC(=O)c1cn(Cc2ccccc2)nc1-c1cccs1.